The minimum absolute atomic E-state index is 0.0626. The number of halogens is 2. The molecule has 1 saturated heterocycles. The summed E-state index contributed by atoms with van der Waals surface area (Å²) in [5.74, 6) is -1.17. The van der Waals surface area contributed by atoms with Crippen molar-refractivity contribution in [3.63, 3.8) is 0 Å². The van der Waals surface area contributed by atoms with E-state index >= 15 is 0 Å². The van der Waals surface area contributed by atoms with Crippen molar-refractivity contribution in [1.29, 1.82) is 0 Å². The molecule has 43 heavy (non-hydrogen) atoms. The molecule has 4 N–H and O–H groups in total. The second-order valence-corrected chi connectivity index (χ2v) is 12.1. The minimum Gasteiger partial charge on any atom is -0.633 e. The number of nitrogens with one attached hydrogen (secondary N) is 4. The van der Waals surface area contributed by atoms with E-state index in [1.54, 1.807) is 0 Å². The molecule has 0 spiro atoms. The fourth-order valence-corrected chi connectivity index (χ4v) is 6.47. The van der Waals surface area contributed by atoms with Gasteiger partial charge < -0.3 is 30.5 Å². The molecule has 2 aromatic rings. The number of hydrogen-bond donors (Lipinski definition) is 4. The summed E-state index contributed by atoms with van der Waals surface area (Å²) in [5, 5.41) is 24.4. The SMILES string of the molecule is CNC1=C(C(NC)[NH+]([O-])Cc2ccc(N3CC=NCC3)cc2NC2CCOCC2)CC(C)(Cc2cc(F)cc(F)c2)C=C1. The lowest BCUT2D eigenvalue weighted by Crippen LogP contribution is -3.12. The second-order valence-electron chi connectivity index (χ2n) is 12.1. The Morgan fingerprint density at radius 2 is 1.91 bits per heavy atom. The highest BCUT2D eigenvalue weighted by atomic mass is 19.1. The van der Waals surface area contributed by atoms with E-state index in [4.69, 9.17) is 4.74 Å². The number of quaternary nitrogens is 1. The van der Waals surface area contributed by atoms with E-state index in [2.05, 4.69) is 57.0 Å². The third-order valence-corrected chi connectivity index (χ3v) is 8.69. The van der Waals surface area contributed by atoms with Crippen molar-refractivity contribution in [2.45, 2.75) is 51.4 Å². The zero-order chi connectivity index (χ0) is 30.4. The lowest BCUT2D eigenvalue weighted by Gasteiger charge is -2.39. The monoisotopic (exact) mass is 594 g/mol. The molecule has 10 heteroatoms. The normalized spacial score (nSPS) is 22.5. The summed E-state index contributed by atoms with van der Waals surface area (Å²) < 4.78 is 33.5. The third-order valence-electron chi connectivity index (χ3n) is 8.69. The first-order chi connectivity index (χ1) is 20.8. The maximum atomic E-state index is 14.1. The molecule has 2 heterocycles. The molecule has 0 amide bonds. The van der Waals surface area contributed by atoms with E-state index in [0.29, 0.717) is 18.4 Å². The number of ether oxygens (including phenoxy) is 1. The summed E-state index contributed by atoms with van der Waals surface area (Å²) in [6, 6.07) is 10.3. The van der Waals surface area contributed by atoms with E-state index in [-0.39, 0.29) is 17.6 Å². The van der Waals surface area contributed by atoms with Crippen LogP contribution in [0.1, 0.15) is 37.3 Å². The first-order valence-corrected chi connectivity index (χ1v) is 15.2. The lowest BCUT2D eigenvalue weighted by atomic mass is 9.74. The molecule has 8 nitrogen and oxygen atoms in total. The Morgan fingerprint density at radius 3 is 2.58 bits per heavy atom. The highest BCUT2D eigenvalue weighted by Crippen LogP contribution is 2.37. The molecule has 2 aromatic carbocycles. The van der Waals surface area contributed by atoms with Gasteiger partial charge in [-0.15, -0.1) is 0 Å². The topological polar surface area (TPSA) is 88.4 Å². The van der Waals surface area contributed by atoms with Gasteiger partial charge in [-0.3, -0.25) is 10.3 Å². The van der Waals surface area contributed by atoms with Crippen LogP contribution in [-0.4, -0.2) is 65.4 Å². The summed E-state index contributed by atoms with van der Waals surface area (Å²) in [5.41, 5.74) is 5.07. The Balaban J connectivity index is 1.38. The average Bonchev–Trinajstić information content (AvgIpc) is 2.99. The standard InChI is InChI=1S/C33H44F2N6O2/c1-33(20-23-16-25(34)18-26(35)17-23)9-6-30(36-2)29(21-33)32(37-3)41(42)22-24-4-5-28(40-12-10-38-11-13-40)19-31(24)39-27-7-14-43-15-8-27/h4-6,9-10,16-19,27,32,36-37,39,41H,7-8,11-15,20-22H2,1-3H3. The Kier molecular flexibility index (Phi) is 10.1. The number of anilines is 2. The van der Waals surface area contributed by atoms with Crippen molar-refractivity contribution in [3.8, 4) is 0 Å². The zero-order valence-corrected chi connectivity index (χ0v) is 25.4. The summed E-state index contributed by atoms with van der Waals surface area (Å²) in [7, 11) is 3.66. The number of nitrogens with zero attached hydrogens (tertiary/aromatic N) is 2. The fourth-order valence-electron chi connectivity index (χ4n) is 6.47. The van der Waals surface area contributed by atoms with Gasteiger partial charge in [-0.25, -0.2) is 8.78 Å². The first kappa shape index (κ1) is 31.1. The molecule has 3 atom stereocenters. The number of benzene rings is 2. The van der Waals surface area contributed by atoms with Gasteiger partial charge in [-0.1, -0.05) is 13.0 Å². The summed E-state index contributed by atoms with van der Waals surface area (Å²) in [6.45, 7) is 6.19. The van der Waals surface area contributed by atoms with Gasteiger partial charge in [0.1, 0.15) is 18.2 Å². The maximum Gasteiger partial charge on any atom is 0.165 e. The highest BCUT2D eigenvalue weighted by Gasteiger charge is 2.34. The van der Waals surface area contributed by atoms with Gasteiger partial charge in [0.2, 0.25) is 0 Å². The maximum absolute atomic E-state index is 14.1. The van der Waals surface area contributed by atoms with Gasteiger partial charge in [-0.2, -0.15) is 0 Å². The number of allylic oxidation sites excluding steroid dienone is 2. The van der Waals surface area contributed by atoms with Crippen molar-refractivity contribution < 1.29 is 18.6 Å². The van der Waals surface area contributed by atoms with Gasteiger partial charge in [0, 0.05) is 73.3 Å². The van der Waals surface area contributed by atoms with E-state index in [9.17, 15) is 14.0 Å². The molecule has 232 valence electrons. The van der Waals surface area contributed by atoms with Crippen LogP contribution in [-0.2, 0) is 17.7 Å². The zero-order valence-electron chi connectivity index (χ0n) is 25.4. The molecular formula is C33H44F2N6O2. The molecule has 0 saturated carbocycles. The molecule has 0 aromatic heterocycles. The van der Waals surface area contributed by atoms with Crippen LogP contribution in [0.2, 0.25) is 0 Å². The van der Waals surface area contributed by atoms with Crippen LogP contribution in [0, 0.1) is 22.3 Å². The first-order valence-electron chi connectivity index (χ1n) is 15.2. The molecule has 1 fully saturated rings. The second kappa shape index (κ2) is 14.0. The predicted octanol–water partition coefficient (Wildman–Crippen LogP) is 3.56. The largest absolute Gasteiger partial charge is 0.633 e. The van der Waals surface area contributed by atoms with E-state index in [0.717, 1.165) is 80.0 Å². The number of hydrogen-bond acceptors (Lipinski definition) is 7. The Hall–Kier alpha value is -3.31. The molecule has 3 unspecified atom stereocenters. The van der Waals surface area contributed by atoms with Crippen LogP contribution in [0.4, 0.5) is 20.2 Å². The van der Waals surface area contributed by atoms with E-state index < -0.39 is 23.2 Å². The van der Waals surface area contributed by atoms with Crippen molar-refractivity contribution in [2.24, 2.45) is 10.4 Å². The number of likely N-dealkylation sites (N-methyl/N-ethyl adjacent to an activating group) is 2. The van der Waals surface area contributed by atoms with E-state index in [1.807, 2.05) is 26.4 Å². The van der Waals surface area contributed by atoms with Crippen LogP contribution in [0.3, 0.4) is 0 Å². The molecule has 5 rings (SSSR count). The lowest BCUT2D eigenvalue weighted by molar-refractivity contribution is -0.887. The molecular weight excluding hydrogens is 550 g/mol. The molecule has 2 aliphatic heterocycles. The van der Waals surface area contributed by atoms with Crippen LogP contribution in [0.5, 0.6) is 0 Å². The van der Waals surface area contributed by atoms with Crippen molar-refractivity contribution >= 4 is 17.6 Å². The van der Waals surface area contributed by atoms with Crippen molar-refractivity contribution in [2.75, 3.05) is 57.2 Å². The molecule has 1 aliphatic carbocycles. The van der Waals surface area contributed by atoms with Crippen LogP contribution >= 0.6 is 0 Å². The van der Waals surface area contributed by atoms with Crippen LogP contribution in [0.15, 0.2) is 64.8 Å². The van der Waals surface area contributed by atoms with Gasteiger partial charge in [0.15, 0.2) is 6.17 Å². The Labute approximate surface area is 253 Å². The molecule has 0 radical (unpaired) electrons. The minimum atomic E-state index is -0.585. The Bertz CT molecular complexity index is 1340. The van der Waals surface area contributed by atoms with Gasteiger partial charge in [0.05, 0.1) is 13.1 Å². The molecule has 3 aliphatic rings. The fraction of sp³-hybridized carbons (Fsp3) is 0.485. The average molecular weight is 595 g/mol. The smallest absolute Gasteiger partial charge is 0.165 e. The van der Waals surface area contributed by atoms with Crippen molar-refractivity contribution in [1.82, 2.24) is 10.6 Å². The third kappa shape index (κ3) is 7.80. The number of aliphatic imine (C=N–C) groups is 1. The summed E-state index contributed by atoms with van der Waals surface area (Å²) in [4.78, 5) is 6.66. The van der Waals surface area contributed by atoms with E-state index in [1.165, 1.54) is 12.1 Å². The summed E-state index contributed by atoms with van der Waals surface area (Å²) in [6.07, 6.45) is 8.35. The highest BCUT2D eigenvalue weighted by molar-refractivity contribution is 5.70. The number of hydroxylamine groups is 2. The summed E-state index contributed by atoms with van der Waals surface area (Å²) >= 11 is 0. The van der Waals surface area contributed by atoms with Crippen LogP contribution < -0.4 is 25.9 Å². The quantitative estimate of drug-likeness (QED) is 0.235. The predicted molar refractivity (Wildman–Crippen MR) is 168 cm³/mol. The van der Waals surface area contributed by atoms with Crippen molar-refractivity contribution in [3.05, 3.63) is 87.8 Å². The molecule has 0 bridgehead atoms. The van der Waals surface area contributed by atoms with Crippen LogP contribution in [0.25, 0.3) is 0 Å². The Morgan fingerprint density at radius 1 is 1.14 bits per heavy atom. The number of rotatable bonds is 11. The van der Waals surface area contributed by atoms with Gasteiger partial charge in [-0.05, 0) is 80.1 Å². The van der Waals surface area contributed by atoms with Gasteiger partial charge in [0.25, 0.3) is 0 Å². The van der Waals surface area contributed by atoms with Gasteiger partial charge >= 0.3 is 0 Å².